The van der Waals surface area contributed by atoms with Crippen LogP contribution in [-0.4, -0.2) is 24.0 Å². The van der Waals surface area contributed by atoms with Gasteiger partial charge in [0.05, 0.1) is 17.2 Å². The molecule has 6 heteroatoms. The van der Waals surface area contributed by atoms with Crippen molar-refractivity contribution in [2.45, 2.75) is 12.8 Å². The summed E-state index contributed by atoms with van der Waals surface area (Å²) in [6, 6.07) is 10.5. The maximum absolute atomic E-state index is 12.5. The summed E-state index contributed by atoms with van der Waals surface area (Å²) in [5, 5.41) is 11.0. The first-order valence-electron chi connectivity index (χ1n) is 8.14. The number of nitro benzene ring substituents is 1. The summed E-state index contributed by atoms with van der Waals surface area (Å²) in [5.74, 6) is 0.736. The molecule has 0 radical (unpaired) electrons. The van der Waals surface area contributed by atoms with E-state index in [2.05, 4.69) is 0 Å². The molecule has 25 heavy (non-hydrogen) atoms. The van der Waals surface area contributed by atoms with Gasteiger partial charge in [0.1, 0.15) is 5.75 Å². The Morgan fingerprint density at radius 2 is 2.04 bits per heavy atom. The standard InChI is InChI=1S/C19H16N2O4/c22-19(6-2-13-1-5-18-15(11-13)8-10-25-18)20-9-7-14-3-4-16(21(23)24)12-17(14)20/h1-6,11-12H,7-10H2/b6-2+. The van der Waals surface area contributed by atoms with Gasteiger partial charge < -0.3 is 9.64 Å². The minimum absolute atomic E-state index is 0.000974. The van der Waals surface area contributed by atoms with Gasteiger partial charge in [-0.1, -0.05) is 12.1 Å². The Morgan fingerprint density at radius 3 is 2.88 bits per heavy atom. The Balaban J connectivity index is 1.55. The Labute approximate surface area is 144 Å². The Kier molecular flexibility index (Phi) is 3.72. The number of hydrogen-bond acceptors (Lipinski definition) is 4. The van der Waals surface area contributed by atoms with E-state index in [-0.39, 0.29) is 11.6 Å². The second-order valence-corrected chi connectivity index (χ2v) is 6.11. The molecule has 2 aliphatic rings. The van der Waals surface area contributed by atoms with Crippen molar-refractivity contribution in [3.05, 3.63) is 69.3 Å². The highest BCUT2D eigenvalue weighted by Crippen LogP contribution is 2.32. The molecule has 6 nitrogen and oxygen atoms in total. The van der Waals surface area contributed by atoms with Gasteiger partial charge in [0.2, 0.25) is 0 Å². The molecule has 0 fully saturated rings. The van der Waals surface area contributed by atoms with Crippen LogP contribution in [-0.2, 0) is 17.6 Å². The van der Waals surface area contributed by atoms with Crippen LogP contribution in [0.15, 0.2) is 42.5 Å². The maximum atomic E-state index is 12.5. The number of fused-ring (bicyclic) bond motifs is 2. The number of rotatable bonds is 3. The van der Waals surface area contributed by atoms with E-state index in [4.69, 9.17) is 4.74 Å². The van der Waals surface area contributed by atoms with E-state index in [9.17, 15) is 14.9 Å². The van der Waals surface area contributed by atoms with E-state index >= 15 is 0 Å². The highest BCUT2D eigenvalue weighted by molar-refractivity contribution is 6.05. The Morgan fingerprint density at radius 1 is 1.16 bits per heavy atom. The average Bonchev–Trinajstić information content (AvgIpc) is 3.25. The summed E-state index contributed by atoms with van der Waals surface area (Å²) < 4.78 is 5.48. The molecule has 0 bridgehead atoms. The number of amides is 1. The fraction of sp³-hybridized carbons (Fsp3) is 0.211. The van der Waals surface area contributed by atoms with Crippen molar-refractivity contribution in [2.75, 3.05) is 18.1 Å². The highest BCUT2D eigenvalue weighted by Gasteiger charge is 2.25. The lowest BCUT2D eigenvalue weighted by Crippen LogP contribution is -2.26. The summed E-state index contributed by atoms with van der Waals surface area (Å²) in [7, 11) is 0. The van der Waals surface area contributed by atoms with Gasteiger partial charge >= 0.3 is 0 Å². The van der Waals surface area contributed by atoms with Crippen LogP contribution in [0.3, 0.4) is 0 Å². The van der Waals surface area contributed by atoms with Crippen molar-refractivity contribution in [1.82, 2.24) is 0 Å². The van der Waals surface area contributed by atoms with E-state index in [1.807, 2.05) is 18.2 Å². The highest BCUT2D eigenvalue weighted by atomic mass is 16.6. The summed E-state index contributed by atoms with van der Waals surface area (Å²) in [5.41, 5.74) is 3.68. The molecule has 0 aliphatic carbocycles. The number of carbonyl (C=O) groups excluding carboxylic acids is 1. The van der Waals surface area contributed by atoms with Crippen molar-refractivity contribution in [1.29, 1.82) is 0 Å². The second kappa shape index (κ2) is 6.05. The first-order valence-corrected chi connectivity index (χ1v) is 8.14. The zero-order chi connectivity index (χ0) is 17.4. The molecule has 126 valence electrons. The zero-order valence-corrected chi connectivity index (χ0v) is 13.5. The molecule has 2 aromatic rings. The predicted octanol–water partition coefficient (Wildman–Crippen LogP) is 3.13. The molecule has 0 saturated heterocycles. The van der Waals surface area contributed by atoms with Crippen molar-refractivity contribution in [3.8, 4) is 5.75 Å². The van der Waals surface area contributed by atoms with Gasteiger partial charge in [-0.3, -0.25) is 14.9 Å². The van der Waals surface area contributed by atoms with Crippen molar-refractivity contribution in [2.24, 2.45) is 0 Å². The number of carbonyl (C=O) groups is 1. The van der Waals surface area contributed by atoms with Crippen molar-refractivity contribution in [3.63, 3.8) is 0 Å². The summed E-state index contributed by atoms with van der Waals surface area (Å²) >= 11 is 0. The van der Waals surface area contributed by atoms with Crippen LogP contribution < -0.4 is 9.64 Å². The quantitative estimate of drug-likeness (QED) is 0.490. The van der Waals surface area contributed by atoms with Crippen LogP contribution in [0.4, 0.5) is 11.4 Å². The molecular formula is C19H16N2O4. The van der Waals surface area contributed by atoms with Gasteiger partial charge in [0.25, 0.3) is 11.6 Å². The lowest BCUT2D eigenvalue weighted by molar-refractivity contribution is -0.384. The minimum Gasteiger partial charge on any atom is -0.493 e. The summed E-state index contributed by atoms with van der Waals surface area (Å²) in [6.07, 6.45) is 4.89. The molecule has 2 heterocycles. The van der Waals surface area contributed by atoms with E-state index in [1.165, 1.54) is 18.2 Å². The van der Waals surface area contributed by atoms with Gasteiger partial charge in [-0.25, -0.2) is 0 Å². The first kappa shape index (κ1) is 15.4. The molecule has 0 aromatic heterocycles. The first-order chi connectivity index (χ1) is 12.1. The van der Waals surface area contributed by atoms with Crippen LogP contribution in [0.1, 0.15) is 16.7 Å². The molecule has 0 spiro atoms. The smallest absolute Gasteiger partial charge is 0.271 e. The second-order valence-electron chi connectivity index (χ2n) is 6.11. The molecular weight excluding hydrogens is 320 g/mol. The van der Waals surface area contributed by atoms with Crippen LogP contribution in [0.5, 0.6) is 5.75 Å². The maximum Gasteiger partial charge on any atom is 0.271 e. The van der Waals surface area contributed by atoms with Crippen LogP contribution >= 0.6 is 0 Å². The number of non-ortho nitro benzene ring substituents is 1. The Bertz CT molecular complexity index is 904. The fourth-order valence-corrected chi connectivity index (χ4v) is 3.28. The van der Waals surface area contributed by atoms with E-state index in [0.717, 1.165) is 28.9 Å². The molecule has 2 aromatic carbocycles. The van der Waals surface area contributed by atoms with Crippen LogP contribution in [0, 0.1) is 10.1 Å². The molecule has 0 unspecified atom stereocenters. The van der Waals surface area contributed by atoms with Crippen LogP contribution in [0.2, 0.25) is 0 Å². The SMILES string of the molecule is O=C(/C=C/c1ccc2c(c1)CCO2)N1CCc2ccc([N+](=O)[O-])cc21. The largest absolute Gasteiger partial charge is 0.493 e. The minimum atomic E-state index is -0.441. The monoisotopic (exact) mass is 336 g/mol. The van der Waals surface area contributed by atoms with Gasteiger partial charge in [0, 0.05) is 31.2 Å². The van der Waals surface area contributed by atoms with Crippen LogP contribution in [0.25, 0.3) is 6.08 Å². The molecule has 1 amide bonds. The van der Waals surface area contributed by atoms with Gasteiger partial charge in [-0.15, -0.1) is 0 Å². The molecule has 2 aliphatic heterocycles. The third-order valence-electron chi connectivity index (χ3n) is 4.57. The molecule has 4 rings (SSSR count). The number of nitrogens with zero attached hydrogens (tertiary/aromatic N) is 2. The fourth-order valence-electron chi connectivity index (χ4n) is 3.28. The predicted molar refractivity (Wildman–Crippen MR) is 93.8 cm³/mol. The summed E-state index contributed by atoms with van der Waals surface area (Å²) in [4.78, 5) is 24.7. The molecule has 0 N–H and O–H groups in total. The topological polar surface area (TPSA) is 72.7 Å². The lowest BCUT2D eigenvalue weighted by Gasteiger charge is -2.14. The van der Waals surface area contributed by atoms with Crippen molar-refractivity contribution >= 4 is 23.4 Å². The third kappa shape index (κ3) is 2.87. The lowest BCUT2D eigenvalue weighted by atomic mass is 10.1. The third-order valence-corrected chi connectivity index (χ3v) is 4.57. The normalized spacial score (nSPS) is 15.1. The average molecular weight is 336 g/mol. The number of hydrogen-bond donors (Lipinski definition) is 0. The number of anilines is 1. The number of nitro groups is 1. The Hall–Kier alpha value is -3.15. The zero-order valence-electron chi connectivity index (χ0n) is 13.5. The van der Waals surface area contributed by atoms with Gasteiger partial charge in [0.15, 0.2) is 0 Å². The molecule has 0 atom stereocenters. The molecule has 0 saturated carbocycles. The summed E-state index contributed by atoms with van der Waals surface area (Å²) in [6.45, 7) is 1.24. The van der Waals surface area contributed by atoms with E-state index in [0.29, 0.717) is 25.3 Å². The van der Waals surface area contributed by atoms with E-state index in [1.54, 1.807) is 17.0 Å². The van der Waals surface area contributed by atoms with Crippen molar-refractivity contribution < 1.29 is 14.5 Å². The number of ether oxygens (including phenoxy) is 1. The van der Waals surface area contributed by atoms with Gasteiger partial charge in [-0.2, -0.15) is 0 Å². The number of benzene rings is 2. The van der Waals surface area contributed by atoms with E-state index < -0.39 is 4.92 Å². The van der Waals surface area contributed by atoms with Gasteiger partial charge in [-0.05, 0) is 41.3 Å².